The summed E-state index contributed by atoms with van der Waals surface area (Å²) in [6, 6.07) is 11.7. The van der Waals surface area contributed by atoms with Crippen LogP contribution in [0.5, 0.6) is 0 Å². The Bertz CT molecular complexity index is 1140. The quantitative estimate of drug-likeness (QED) is 0.420. The van der Waals surface area contributed by atoms with Crippen LogP contribution >= 0.6 is 0 Å². The summed E-state index contributed by atoms with van der Waals surface area (Å²) < 4.78 is 13.0. The first kappa shape index (κ1) is 22.2. The van der Waals surface area contributed by atoms with Crippen LogP contribution in [0.3, 0.4) is 0 Å². The number of amides is 3. The van der Waals surface area contributed by atoms with Gasteiger partial charge < -0.3 is 25.8 Å². The molecule has 9 nitrogen and oxygen atoms in total. The van der Waals surface area contributed by atoms with Crippen LogP contribution in [0, 0.1) is 5.82 Å². The number of anilines is 2. The van der Waals surface area contributed by atoms with E-state index in [9.17, 15) is 18.8 Å². The molecule has 3 aromatic rings. The number of hydrogen-bond acceptors (Lipinski definition) is 5. The Labute approximate surface area is 189 Å². The van der Waals surface area contributed by atoms with Crippen molar-refractivity contribution in [2.45, 2.75) is 6.42 Å². The molecule has 4 N–H and O–H groups in total. The van der Waals surface area contributed by atoms with Gasteiger partial charge in [0.2, 0.25) is 0 Å². The maximum Gasteiger partial charge on any atom is 0.276 e. The van der Waals surface area contributed by atoms with Gasteiger partial charge in [0.25, 0.3) is 17.7 Å². The fourth-order valence-corrected chi connectivity index (χ4v) is 3.29. The van der Waals surface area contributed by atoms with Gasteiger partial charge in [-0.05, 0) is 68.0 Å². The molecule has 1 fully saturated rings. The summed E-state index contributed by atoms with van der Waals surface area (Å²) in [6.45, 7) is 3.35. The van der Waals surface area contributed by atoms with Crippen LogP contribution in [0.4, 0.5) is 15.8 Å². The number of imidazole rings is 1. The van der Waals surface area contributed by atoms with Crippen LogP contribution in [0.15, 0.2) is 54.9 Å². The first-order chi connectivity index (χ1) is 16.0. The second kappa shape index (κ2) is 10.0. The summed E-state index contributed by atoms with van der Waals surface area (Å²) in [6.07, 6.45) is 2.48. The molecule has 1 saturated heterocycles. The number of H-pyrrole nitrogens is 1. The smallest absolute Gasteiger partial charge is 0.276 e. The van der Waals surface area contributed by atoms with E-state index in [0.717, 1.165) is 19.6 Å². The number of nitrogens with one attached hydrogen (secondary N) is 4. The molecule has 0 spiro atoms. The zero-order valence-corrected chi connectivity index (χ0v) is 17.7. The molecule has 170 valence electrons. The van der Waals surface area contributed by atoms with Crippen molar-refractivity contribution in [2.24, 2.45) is 0 Å². The van der Waals surface area contributed by atoms with Crippen LogP contribution in [0.1, 0.15) is 37.8 Å². The third-order valence-corrected chi connectivity index (χ3v) is 5.25. The number of nitrogens with zero attached hydrogens (tertiary/aromatic N) is 2. The van der Waals surface area contributed by atoms with E-state index in [2.05, 4.69) is 30.8 Å². The van der Waals surface area contributed by atoms with Gasteiger partial charge in [0, 0.05) is 30.0 Å². The number of benzene rings is 2. The molecule has 0 bridgehead atoms. The van der Waals surface area contributed by atoms with E-state index in [0.29, 0.717) is 23.5 Å². The summed E-state index contributed by atoms with van der Waals surface area (Å²) in [5.41, 5.74) is 1.38. The van der Waals surface area contributed by atoms with E-state index in [1.165, 1.54) is 37.0 Å². The molecular formula is C23H23FN6O3. The minimum Gasteiger partial charge on any atom is -0.349 e. The molecule has 0 unspecified atom stereocenters. The average Bonchev–Trinajstić information content (AvgIpc) is 3.27. The van der Waals surface area contributed by atoms with Gasteiger partial charge in [-0.25, -0.2) is 9.37 Å². The van der Waals surface area contributed by atoms with Crippen LogP contribution in [0.25, 0.3) is 0 Å². The Kier molecular flexibility index (Phi) is 6.75. The van der Waals surface area contributed by atoms with Gasteiger partial charge in [-0.1, -0.05) is 0 Å². The molecule has 2 heterocycles. The first-order valence-corrected chi connectivity index (χ1v) is 10.5. The van der Waals surface area contributed by atoms with E-state index in [1.807, 2.05) is 0 Å². The highest BCUT2D eigenvalue weighted by atomic mass is 19.1. The standard InChI is InChI=1S/C23H23FN6O3/c24-16-4-2-15(3-5-16)21(31)28-17-6-8-18(9-7-17)29-23(33)20-19(26-14-27-20)22(32)25-10-13-30-11-1-12-30/h2-9,14H,1,10-13H2,(H,25,32)(H,26,27)(H,28,31)(H,29,33). The van der Waals surface area contributed by atoms with Gasteiger partial charge in [0.1, 0.15) is 11.5 Å². The van der Waals surface area contributed by atoms with E-state index in [4.69, 9.17) is 0 Å². The normalized spacial score (nSPS) is 13.1. The lowest BCUT2D eigenvalue weighted by Crippen LogP contribution is -2.42. The molecular weight excluding hydrogens is 427 g/mol. The monoisotopic (exact) mass is 450 g/mol. The highest BCUT2D eigenvalue weighted by Gasteiger charge is 2.21. The average molecular weight is 450 g/mol. The van der Waals surface area contributed by atoms with E-state index >= 15 is 0 Å². The van der Waals surface area contributed by atoms with E-state index in [-0.39, 0.29) is 17.3 Å². The minimum absolute atomic E-state index is 0.00913. The Morgan fingerprint density at radius 1 is 0.909 bits per heavy atom. The van der Waals surface area contributed by atoms with Crippen molar-refractivity contribution in [3.8, 4) is 0 Å². The summed E-state index contributed by atoms with van der Waals surface area (Å²) in [5.74, 6) is -1.73. The summed E-state index contributed by atoms with van der Waals surface area (Å²) in [5, 5.41) is 8.18. The molecule has 1 aliphatic heterocycles. The summed E-state index contributed by atoms with van der Waals surface area (Å²) in [4.78, 5) is 46.2. The molecule has 2 aromatic carbocycles. The molecule has 4 rings (SSSR count). The van der Waals surface area contributed by atoms with Crippen molar-refractivity contribution in [1.82, 2.24) is 20.2 Å². The Morgan fingerprint density at radius 3 is 2.15 bits per heavy atom. The van der Waals surface area contributed by atoms with Crippen LogP contribution in [0.2, 0.25) is 0 Å². The molecule has 10 heteroatoms. The predicted molar refractivity (Wildman–Crippen MR) is 121 cm³/mol. The topological polar surface area (TPSA) is 119 Å². The molecule has 1 aromatic heterocycles. The number of aromatic nitrogens is 2. The maximum absolute atomic E-state index is 13.0. The zero-order chi connectivity index (χ0) is 23.2. The van der Waals surface area contributed by atoms with E-state index in [1.54, 1.807) is 24.3 Å². The lowest BCUT2D eigenvalue weighted by atomic mass is 10.2. The lowest BCUT2D eigenvalue weighted by Gasteiger charge is -2.30. The van der Waals surface area contributed by atoms with Crippen LogP contribution in [-0.4, -0.2) is 58.8 Å². The predicted octanol–water partition coefficient (Wildman–Crippen LogP) is 2.49. The third-order valence-electron chi connectivity index (χ3n) is 5.25. The SMILES string of the molecule is O=C(Nc1ccc(NC(=O)c2nc[nH]c2C(=O)NCCN2CCC2)cc1)c1ccc(F)cc1. The molecule has 0 radical (unpaired) electrons. The number of aromatic amines is 1. The van der Waals surface area contributed by atoms with Gasteiger partial charge in [-0.15, -0.1) is 0 Å². The molecule has 0 saturated carbocycles. The second-order valence-electron chi connectivity index (χ2n) is 7.57. The number of hydrogen-bond donors (Lipinski definition) is 4. The number of halogens is 1. The number of rotatable bonds is 8. The van der Waals surface area contributed by atoms with Gasteiger partial charge in [0.15, 0.2) is 5.69 Å². The largest absolute Gasteiger partial charge is 0.349 e. The van der Waals surface area contributed by atoms with Crippen molar-refractivity contribution in [1.29, 1.82) is 0 Å². The maximum atomic E-state index is 13.0. The lowest BCUT2D eigenvalue weighted by molar-refractivity contribution is 0.0924. The number of likely N-dealkylation sites (tertiary alicyclic amines) is 1. The van der Waals surface area contributed by atoms with Gasteiger partial charge >= 0.3 is 0 Å². The molecule has 33 heavy (non-hydrogen) atoms. The Morgan fingerprint density at radius 2 is 1.55 bits per heavy atom. The number of carbonyl (C=O) groups is 3. The van der Waals surface area contributed by atoms with Gasteiger partial charge in [0.05, 0.1) is 6.33 Å². The van der Waals surface area contributed by atoms with Crippen molar-refractivity contribution in [3.05, 3.63) is 77.6 Å². The van der Waals surface area contributed by atoms with Crippen molar-refractivity contribution in [2.75, 3.05) is 36.8 Å². The number of carbonyl (C=O) groups excluding carboxylic acids is 3. The molecule has 3 amide bonds. The third kappa shape index (κ3) is 5.60. The molecule has 0 atom stereocenters. The Hall–Kier alpha value is -4.05. The van der Waals surface area contributed by atoms with Crippen LogP contribution in [-0.2, 0) is 0 Å². The summed E-state index contributed by atoms with van der Waals surface area (Å²) >= 11 is 0. The van der Waals surface area contributed by atoms with Gasteiger partial charge in [-0.3, -0.25) is 14.4 Å². The fourth-order valence-electron chi connectivity index (χ4n) is 3.29. The van der Waals surface area contributed by atoms with Gasteiger partial charge in [-0.2, -0.15) is 0 Å². The summed E-state index contributed by atoms with van der Waals surface area (Å²) in [7, 11) is 0. The second-order valence-corrected chi connectivity index (χ2v) is 7.57. The Balaban J connectivity index is 1.32. The molecule has 1 aliphatic rings. The van der Waals surface area contributed by atoms with Crippen molar-refractivity contribution < 1.29 is 18.8 Å². The fraction of sp³-hybridized carbons (Fsp3) is 0.217. The first-order valence-electron chi connectivity index (χ1n) is 10.5. The minimum atomic E-state index is -0.535. The molecule has 0 aliphatic carbocycles. The highest BCUT2D eigenvalue weighted by Crippen LogP contribution is 2.16. The van der Waals surface area contributed by atoms with Crippen molar-refractivity contribution in [3.63, 3.8) is 0 Å². The van der Waals surface area contributed by atoms with E-state index < -0.39 is 17.6 Å². The zero-order valence-electron chi connectivity index (χ0n) is 17.7. The van der Waals surface area contributed by atoms with Crippen molar-refractivity contribution >= 4 is 29.1 Å². The highest BCUT2D eigenvalue weighted by molar-refractivity contribution is 6.10. The van der Waals surface area contributed by atoms with Crippen LogP contribution < -0.4 is 16.0 Å².